The topological polar surface area (TPSA) is 66.1 Å². The molecule has 6 nitrogen and oxygen atoms in total. The minimum atomic E-state index is -3.15. The van der Waals surface area contributed by atoms with E-state index in [9.17, 15) is 18.4 Å². The minimum Gasteiger partial charge on any atom is -0.464 e. The van der Waals surface area contributed by atoms with Gasteiger partial charge in [-0.05, 0) is 32.9 Å². The van der Waals surface area contributed by atoms with Crippen LogP contribution in [0.2, 0.25) is 5.02 Å². The van der Waals surface area contributed by atoms with Crippen molar-refractivity contribution in [3.05, 3.63) is 44.8 Å². The fourth-order valence-corrected chi connectivity index (χ4v) is 2.98. The van der Waals surface area contributed by atoms with Gasteiger partial charge in [0.25, 0.3) is 0 Å². The molecule has 0 amide bonds. The normalized spacial score (nSPS) is 13.7. The number of esters is 1. The number of alkyl halides is 3. The van der Waals surface area contributed by atoms with Gasteiger partial charge in [-0.25, -0.2) is 18.5 Å². The van der Waals surface area contributed by atoms with Crippen molar-refractivity contribution in [3.63, 3.8) is 0 Å². The predicted octanol–water partition coefficient (Wildman–Crippen LogP) is 3.55. The minimum absolute atomic E-state index is 0.00246. The molecular formula is C15H14Cl2F3N3O3. The van der Waals surface area contributed by atoms with Crippen molar-refractivity contribution in [1.29, 1.82) is 0 Å². The number of rotatable bonds is 5. The lowest BCUT2D eigenvalue weighted by Crippen LogP contribution is -2.31. The number of halogens is 5. The van der Waals surface area contributed by atoms with Gasteiger partial charge in [0, 0.05) is 10.6 Å². The van der Waals surface area contributed by atoms with Crippen molar-refractivity contribution in [1.82, 2.24) is 14.3 Å². The first-order chi connectivity index (χ1) is 12.0. The van der Waals surface area contributed by atoms with E-state index in [0.29, 0.717) is 4.68 Å². The Morgan fingerprint density at radius 2 is 2.04 bits per heavy atom. The number of carbonyl (C=O) groups is 1. The summed E-state index contributed by atoms with van der Waals surface area (Å²) in [6.07, 6.45) is 0. The molecule has 0 aliphatic rings. The van der Waals surface area contributed by atoms with Crippen LogP contribution in [0.25, 0.3) is 5.69 Å². The van der Waals surface area contributed by atoms with E-state index in [1.807, 2.05) is 0 Å². The Morgan fingerprint density at radius 1 is 1.42 bits per heavy atom. The number of nitrogens with zero attached hydrogens (tertiary/aromatic N) is 3. The Hall–Kier alpha value is -2.00. The quantitative estimate of drug-likeness (QED) is 0.557. The summed E-state index contributed by atoms with van der Waals surface area (Å²) in [4.78, 5) is 22.2. The lowest BCUT2D eigenvalue weighted by atomic mass is 9.98. The van der Waals surface area contributed by atoms with Crippen LogP contribution in [0.4, 0.5) is 13.2 Å². The highest BCUT2D eigenvalue weighted by Crippen LogP contribution is 2.38. The number of carbonyl (C=O) groups excluding carboxylic acids is 1. The summed E-state index contributed by atoms with van der Waals surface area (Å²) < 4.78 is 46.3. The molecule has 11 heteroatoms. The molecule has 2 aromatic rings. The zero-order chi connectivity index (χ0) is 19.8. The van der Waals surface area contributed by atoms with Gasteiger partial charge in [-0.1, -0.05) is 11.6 Å². The Balaban J connectivity index is 2.71. The van der Waals surface area contributed by atoms with Gasteiger partial charge in [0.05, 0.1) is 6.61 Å². The maximum Gasteiger partial charge on any atom is 0.355 e. The number of aromatic nitrogens is 3. The molecule has 1 aromatic heterocycles. The molecule has 0 saturated heterocycles. The van der Waals surface area contributed by atoms with E-state index < -0.39 is 40.2 Å². The maximum atomic E-state index is 15.1. The molecule has 0 N–H and O–H groups in total. The molecule has 0 fully saturated rings. The summed E-state index contributed by atoms with van der Waals surface area (Å²) in [5, 5.41) is 3.44. The first kappa shape index (κ1) is 20.3. The van der Waals surface area contributed by atoms with Crippen LogP contribution in [0.15, 0.2) is 16.9 Å². The number of benzene rings is 1. The average molecular weight is 412 g/mol. The number of hydrogen-bond donors (Lipinski definition) is 0. The largest absolute Gasteiger partial charge is 0.464 e. The molecule has 1 heterocycles. The zero-order valence-electron chi connectivity index (χ0n) is 13.9. The molecule has 0 spiro atoms. The molecular weight excluding hydrogens is 398 g/mol. The van der Waals surface area contributed by atoms with Crippen LogP contribution < -0.4 is 5.69 Å². The van der Waals surface area contributed by atoms with E-state index in [4.69, 9.17) is 27.9 Å². The van der Waals surface area contributed by atoms with Crippen molar-refractivity contribution in [3.8, 4) is 5.69 Å². The van der Waals surface area contributed by atoms with Crippen molar-refractivity contribution in [2.24, 2.45) is 0 Å². The third-order valence-corrected chi connectivity index (χ3v) is 4.26. The molecule has 142 valence electrons. The van der Waals surface area contributed by atoms with Gasteiger partial charge in [0.1, 0.15) is 11.5 Å². The molecule has 1 atom stereocenters. The van der Waals surface area contributed by atoms with Crippen molar-refractivity contribution in [2.75, 3.05) is 6.61 Å². The first-order valence-corrected chi connectivity index (χ1v) is 8.10. The Bertz CT molecular complexity index is 910. The van der Waals surface area contributed by atoms with Crippen LogP contribution in [0.5, 0.6) is 0 Å². The highest BCUT2D eigenvalue weighted by Gasteiger charge is 2.40. The summed E-state index contributed by atoms with van der Waals surface area (Å²) in [6.45, 7) is 0.731. The van der Waals surface area contributed by atoms with Crippen LogP contribution in [-0.2, 0) is 14.4 Å². The average Bonchev–Trinajstić information content (AvgIpc) is 2.82. The van der Waals surface area contributed by atoms with E-state index in [-0.39, 0.29) is 22.0 Å². The van der Waals surface area contributed by atoms with Crippen LogP contribution in [0.1, 0.15) is 31.8 Å². The lowest BCUT2D eigenvalue weighted by molar-refractivity contribution is -0.146. The van der Waals surface area contributed by atoms with E-state index in [1.54, 1.807) is 6.92 Å². The van der Waals surface area contributed by atoms with Crippen LogP contribution in [0.3, 0.4) is 0 Å². The second kappa shape index (κ2) is 7.32. The van der Waals surface area contributed by atoms with Gasteiger partial charge < -0.3 is 4.74 Å². The molecule has 26 heavy (non-hydrogen) atoms. The predicted molar refractivity (Wildman–Crippen MR) is 88.6 cm³/mol. The molecule has 0 aliphatic carbocycles. The molecule has 1 unspecified atom stereocenters. The van der Waals surface area contributed by atoms with Gasteiger partial charge in [-0.3, -0.25) is 0 Å². The van der Waals surface area contributed by atoms with Gasteiger partial charge in [-0.15, -0.1) is 16.7 Å². The molecule has 2 rings (SSSR count). The summed E-state index contributed by atoms with van der Waals surface area (Å²) in [5.41, 5.74) is -2.18. The fourth-order valence-electron chi connectivity index (χ4n) is 2.36. The zero-order valence-corrected chi connectivity index (χ0v) is 15.4. The molecule has 0 saturated carbocycles. The van der Waals surface area contributed by atoms with E-state index >= 15 is 4.39 Å². The number of ether oxygens (including phenoxy) is 1. The smallest absolute Gasteiger partial charge is 0.355 e. The SMILES string of the molecule is CCOC(=O)C(C)(Cl)c1c(Cl)ccc(-n2nc(C)n(C(F)F)c2=O)c1F. The van der Waals surface area contributed by atoms with Crippen molar-refractivity contribution < 1.29 is 22.7 Å². The first-order valence-electron chi connectivity index (χ1n) is 7.35. The second-order valence-electron chi connectivity index (χ2n) is 5.37. The standard InChI is InChI=1S/C15H14Cl2F3N3O3/c1-4-26-12(24)15(3,17)10-8(16)5-6-9(11(10)18)23-14(25)22(13(19)20)7(2)21-23/h5-6,13H,4H2,1-3H3. The molecule has 0 aliphatic heterocycles. The van der Waals surface area contributed by atoms with Gasteiger partial charge in [0.2, 0.25) is 0 Å². The van der Waals surface area contributed by atoms with E-state index in [1.165, 1.54) is 19.9 Å². The summed E-state index contributed by atoms with van der Waals surface area (Å²) in [5.74, 6) is -2.43. The van der Waals surface area contributed by atoms with Crippen molar-refractivity contribution in [2.45, 2.75) is 32.2 Å². The van der Waals surface area contributed by atoms with E-state index in [2.05, 4.69) is 5.10 Å². The lowest BCUT2D eigenvalue weighted by Gasteiger charge is -2.23. The summed E-state index contributed by atoms with van der Waals surface area (Å²) >= 11 is 12.1. The molecule has 0 radical (unpaired) electrons. The third kappa shape index (κ3) is 3.33. The number of aryl methyl sites for hydroxylation is 1. The molecule has 1 aromatic carbocycles. The Kier molecular flexibility index (Phi) is 5.72. The highest BCUT2D eigenvalue weighted by molar-refractivity contribution is 6.37. The van der Waals surface area contributed by atoms with Crippen LogP contribution in [0, 0.1) is 12.7 Å². The summed E-state index contributed by atoms with van der Waals surface area (Å²) in [7, 11) is 0. The van der Waals surface area contributed by atoms with E-state index in [0.717, 1.165) is 6.07 Å². The van der Waals surface area contributed by atoms with Crippen molar-refractivity contribution >= 4 is 29.2 Å². The fraction of sp³-hybridized carbons (Fsp3) is 0.400. The third-order valence-electron chi connectivity index (χ3n) is 3.60. The molecule has 0 bridgehead atoms. The van der Waals surface area contributed by atoms with Crippen LogP contribution >= 0.6 is 23.2 Å². The van der Waals surface area contributed by atoms with Gasteiger partial charge in [0.15, 0.2) is 10.7 Å². The maximum absolute atomic E-state index is 15.1. The monoisotopic (exact) mass is 411 g/mol. The van der Waals surface area contributed by atoms with Gasteiger partial charge >= 0.3 is 18.2 Å². The summed E-state index contributed by atoms with van der Waals surface area (Å²) in [6, 6.07) is 2.25. The Morgan fingerprint density at radius 3 is 2.54 bits per heavy atom. The van der Waals surface area contributed by atoms with Gasteiger partial charge in [-0.2, -0.15) is 13.5 Å². The van der Waals surface area contributed by atoms with Crippen LogP contribution in [-0.4, -0.2) is 26.9 Å². The number of hydrogen-bond acceptors (Lipinski definition) is 4. The highest BCUT2D eigenvalue weighted by atomic mass is 35.5. The Labute approximate surface area is 156 Å². The second-order valence-corrected chi connectivity index (χ2v) is 6.53.